The van der Waals surface area contributed by atoms with E-state index in [4.69, 9.17) is 9.47 Å². The molecule has 0 aliphatic carbocycles. The number of nitrogens with zero attached hydrogens (tertiary/aromatic N) is 1. The van der Waals surface area contributed by atoms with Gasteiger partial charge in [0.25, 0.3) is 5.91 Å². The van der Waals surface area contributed by atoms with Crippen LogP contribution < -0.4 is 14.8 Å². The highest BCUT2D eigenvalue weighted by Crippen LogP contribution is 2.32. The first kappa shape index (κ1) is 17.6. The van der Waals surface area contributed by atoms with Gasteiger partial charge < -0.3 is 24.4 Å². The van der Waals surface area contributed by atoms with E-state index in [2.05, 4.69) is 10.1 Å². The SMILES string of the molecule is COC(=O)CCN(CCNC(C)=O)C(=O)c1ccc2c(c1)OCO2. The largest absolute Gasteiger partial charge is 0.469 e. The molecule has 2 amide bonds. The lowest BCUT2D eigenvalue weighted by molar-refractivity contribution is -0.140. The van der Waals surface area contributed by atoms with Gasteiger partial charge in [0.1, 0.15) is 0 Å². The van der Waals surface area contributed by atoms with Gasteiger partial charge in [-0.25, -0.2) is 0 Å². The quantitative estimate of drug-likeness (QED) is 0.731. The maximum atomic E-state index is 12.7. The zero-order chi connectivity index (χ0) is 17.5. The molecular weight excluding hydrogens is 316 g/mol. The molecule has 1 aliphatic heterocycles. The summed E-state index contributed by atoms with van der Waals surface area (Å²) in [5.74, 6) is 0.251. The van der Waals surface area contributed by atoms with Crippen LogP contribution in [-0.4, -0.2) is 56.2 Å². The molecule has 8 nitrogen and oxygen atoms in total. The van der Waals surface area contributed by atoms with Crippen molar-refractivity contribution >= 4 is 17.8 Å². The Balaban J connectivity index is 2.06. The van der Waals surface area contributed by atoms with Crippen LogP contribution in [0.1, 0.15) is 23.7 Å². The number of hydrogen-bond donors (Lipinski definition) is 1. The van der Waals surface area contributed by atoms with E-state index in [0.717, 1.165) is 0 Å². The van der Waals surface area contributed by atoms with Gasteiger partial charge in [-0.3, -0.25) is 14.4 Å². The van der Waals surface area contributed by atoms with Gasteiger partial charge in [-0.1, -0.05) is 0 Å². The molecule has 0 fully saturated rings. The van der Waals surface area contributed by atoms with Crippen LogP contribution >= 0.6 is 0 Å². The zero-order valence-corrected chi connectivity index (χ0v) is 13.7. The molecule has 2 rings (SSSR count). The molecule has 0 atom stereocenters. The maximum absolute atomic E-state index is 12.7. The van der Waals surface area contributed by atoms with Crippen molar-refractivity contribution in [2.24, 2.45) is 0 Å². The lowest BCUT2D eigenvalue weighted by atomic mass is 10.1. The fourth-order valence-corrected chi connectivity index (χ4v) is 2.22. The highest BCUT2D eigenvalue weighted by molar-refractivity contribution is 5.95. The Kier molecular flexibility index (Phi) is 6.00. The average molecular weight is 336 g/mol. The van der Waals surface area contributed by atoms with E-state index >= 15 is 0 Å². The number of esters is 1. The van der Waals surface area contributed by atoms with Gasteiger partial charge in [0.05, 0.1) is 13.5 Å². The van der Waals surface area contributed by atoms with Crippen LogP contribution in [0.4, 0.5) is 0 Å². The number of amides is 2. The fourth-order valence-electron chi connectivity index (χ4n) is 2.22. The average Bonchev–Trinajstić information content (AvgIpc) is 3.04. The zero-order valence-electron chi connectivity index (χ0n) is 13.7. The number of ether oxygens (including phenoxy) is 3. The third-order valence-electron chi connectivity index (χ3n) is 3.48. The Bertz CT molecular complexity index is 631. The summed E-state index contributed by atoms with van der Waals surface area (Å²) >= 11 is 0. The number of benzene rings is 1. The molecule has 0 bridgehead atoms. The summed E-state index contributed by atoms with van der Waals surface area (Å²) in [6, 6.07) is 4.91. The summed E-state index contributed by atoms with van der Waals surface area (Å²) in [5.41, 5.74) is 0.423. The lowest BCUT2D eigenvalue weighted by Crippen LogP contribution is -2.39. The smallest absolute Gasteiger partial charge is 0.307 e. The number of rotatable bonds is 7. The third-order valence-corrected chi connectivity index (χ3v) is 3.48. The highest BCUT2D eigenvalue weighted by Gasteiger charge is 2.21. The van der Waals surface area contributed by atoms with Crippen molar-refractivity contribution in [3.05, 3.63) is 23.8 Å². The summed E-state index contributed by atoms with van der Waals surface area (Å²) in [7, 11) is 1.30. The summed E-state index contributed by atoms with van der Waals surface area (Å²) in [6.07, 6.45) is 0.0763. The van der Waals surface area contributed by atoms with E-state index in [1.807, 2.05) is 0 Å². The molecular formula is C16H20N2O6. The Morgan fingerprint density at radius 1 is 1.21 bits per heavy atom. The second-order valence-corrected chi connectivity index (χ2v) is 5.17. The highest BCUT2D eigenvalue weighted by atomic mass is 16.7. The Morgan fingerprint density at radius 3 is 2.67 bits per heavy atom. The van der Waals surface area contributed by atoms with Crippen LogP contribution in [-0.2, 0) is 14.3 Å². The lowest BCUT2D eigenvalue weighted by Gasteiger charge is -2.22. The first-order valence-electron chi connectivity index (χ1n) is 7.51. The van der Waals surface area contributed by atoms with Gasteiger partial charge in [0.2, 0.25) is 12.7 Å². The molecule has 24 heavy (non-hydrogen) atoms. The van der Waals surface area contributed by atoms with Crippen molar-refractivity contribution in [1.82, 2.24) is 10.2 Å². The molecule has 1 aromatic rings. The number of carbonyl (C=O) groups excluding carboxylic acids is 3. The predicted octanol–water partition coefficient (Wildman–Crippen LogP) is 0.557. The van der Waals surface area contributed by atoms with Crippen molar-refractivity contribution in [2.75, 3.05) is 33.5 Å². The second-order valence-electron chi connectivity index (χ2n) is 5.17. The maximum Gasteiger partial charge on any atom is 0.307 e. The topological polar surface area (TPSA) is 94.2 Å². The van der Waals surface area contributed by atoms with Gasteiger partial charge in [0, 0.05) is 32.1 Å². The molecule has 0 saturated carbocycles. The summed E-state index contributed by atoms with van der Waals surface area (Å²) in [4.78, 5) is 36.5. The Morgan fingerprint density at radius 2 is 1.96 bits per heavy atom. The Labute approximate surface area is 139 Å². The molecule has 1 heterocycles. The van der Waals surface area contributed by atoms with Crippen LogP contribution in [0, 0.1) is 0 Å². The Hall–Kier alpha value is -2.77. The van der Waals surface area contributed by atoms with Gasteiger partial charge >= 0.3 is 5.97 Å². The molecule has 0 spiro atoms. The molecule has 0 aromatic heterocycles. The van der Waals surface area contributed by atoms with Crippen LogP contribution in [0.3, 0.4) is 0 Å². The first-order chi connectivity index (χ1) is 11.5. The molecule has 1 aromatic carbocycles. The van der Waals surface area contributed by atoms with E-state index in [1.54, 1.807) is 18.2 Å². The molecule has 0 radical (unpaired) electrons. The first-order valence-corrected chi connectivity index (χ1v) is 7.51. The van der Waals surface area contributed by atoms with Gasteiger partial charge in [-0.2, -0.15) is 0 Å². The van der Waals surface area contributed by atoms with Crippen molar-refractivity contribution < 1.29 is 28.6 Å². The number of nitrogens with one attached hydrogen (secondary N) is 1. The van der Waals surface area contributed by atoms with Crippen molar-refractivity contribution in [3.8, 4) is 11.5 Å². The second kappa shape index (κ2) is 8.19. The standard InChI is InChI=1S/C16H20N2O6/c1-11(19)17-6-8-18(7-5-15(20)22-2)16(21)12-3-4-13-14(9-12)24-10-23-13/h3-4,9H,5-8,10H2,1-2H3,(H,17,19). The molecule has 1 aliphatic rings. The van der Waals surface area contributed by atoms with Crippen molar-refractivity contribution in [3.63, 3.8) is 0 Å². The van der Waals surface area contributed by atoms with E-state index in [9.17, 15) is 14.4 Å². The van der Waals surface area contributed by atoms with Crippen molar-refractivity contribution in [2.45, 2.75) is 13.3 Å². The van der Waals surface area contributed by atoms with Crippen LogP contribution in [0.25, 0.3) is 0 Å². The third kappa shape index (κ3) is 4.61. The molecule has 1 N–H and O–H groups in total. The molecule has 130 valence electrons. The number of hydrogen-bond acceptors (Lipinski definition) is 6. The molecule has 0 unspecified atom stereocenters. The van der Waals surface area contributed by atoms with Crippen LogP contribution in [0.2, 0.25) is 0 Å². The van der Waals surface area contributed by atoms with E-state index in [0.29, 0.717) is 23.6 Å². The van der Waals surface area contributed by atoms with E-state index < -0.39 is 5.97 Å². The van der Waals surface area contributed by atoms with Crippen molar-refractivity contribution in [1.29, 1.82) is 0 Å². The fraction of sp³-hybridized carbons (Fsp3) is 0.438. The minimum Gasteiger partial charge on any atom is -0.469 e. The number of fused-ring (bicyclic) bond motifs is 1. The summed E-state index contributed by atoms with van der Waals surface area (Å²) in [5, 5.41) is 2.63. The minimum absolute atomic E-state index is 0.0763. The predicted molar refractivity (Wildman–Crippen MR) is 83.8 cm³/mol. The van der Waals surface area contributed by atoms with Gasteiger partial charge in [-0.05, 0) is 18.2 Å². The van der Waals surface area contributed by atoms with Gasteiger partial charge in [0.15, 0.2) is 11.5 Å². The number of methoxy groups -OCH3 is 1. The monoisotopic (exact) mass is 336 g/mol. The van der Waals surface area contributed by atoms with E-state index in [1.165, 1.54) is 18.9 Å². The van der Waals surface area contributed by atoms with Crippen LogP contribution in [0.15, 0.2) is 18.2 Å². The minimum atomic E-state index is -0.405. The molecule has 0 saturated heterocycles. The summed E-state index contributed by atoms with van der Waals surface area (Å²) in [6.45, 7) is 2.30. The number of carbonyl (C=O) groups is 3. The summed E-state index contributed by atoms with van der Waals surface area (Å²) < 4.78 is 15.1. The molecule has 8 heteroatoms. The van der Waals surface area contributed by atoms with Crippen LogP contribution in [0.5, 0.6) is 11.5 Å². The van der Waals surface area contributed by atoms with Gasteiger partial charge in [-0.15, -0.1) is 0 Å². The van der Waals surface area contributed by atoms with E-state index in [-0.39, 0.29) is 38.1 Å². The normalized spacial score (nSPS) is 11.8.